The van der Waals surface area contributed by atoms with Crippen molar-refractivity contribution in [1.29, 1.82) is 0 Å². The lowest BCUT2D eigenvalue weighted by Crippen LogP contribution is -2.60. The molecular weight excluding hydrogens is 374 g/mol. The average Bonchev–Trinajstić information content (AvgIpc) is 2.76. The minimum atomic E-state index is -0.0922. The standard InChI is InChI=1S/C25H31N3O2/c1-16(2)19-10-5-6-13-22(19)26-24(29)18-9-7-8-17(14-18)15-23-20-11-3-4-12-21(20)25(30)28-27-23/h5-10,13-14,16,20-21,23,27H,3-4,11-12,15H2,1-2H3,(H,26,29)(H,28,30). The smallest absolute Gasteiger partial charge is 0.255 e. The van der Waals surface area contributed by atoms with Crippen molar-refractivity contribution in [2.45, 2.75) is 57.9 Å². The molecule has 3 atom stereocenters. The molecule has 1 aliphatic heterocycles. The highest BCUT2D eigenvalue weighted by molar-refractivity contribution is 6.04. The lowest BCUT2D eigenvalue weighted by Gasteiger charge is -2.41. The zero-order valence-corrected chi connectivity index (χ0v) is 17.8. The topological polar surface area (TPSA) is 70.2 Å². The van der Waals surface area contributed by atoms with Crippen molar-refractivity contribution in [3.05, 3.63) is 65.2 Å². The summed E-state index contributed by atoms with van der Waals surface area (Å²) in [6.07, 6.45) is 5.18. The van der Waals surface area contributed by atoms with Crippen LogP contribution in [-0.4, -0.2) is 17.9 Å². The van der Waals surface area contributed by atoms with E-state index in [1.807, 2.05) is 36.4 Å². The first-order valence-electron chi connectivity index (χ1n) is 11.1. The quantitative estimate of drug-likeness (QED) is 0.690. The monoisotopic (exact) mass is 405 g/mol. The van der Waals surface area contributed by atoms with E-state index in [9.17, 15) is 9.59 Å². The van der Waals surface area contributed by atoms with E-state index in [2.05, 4.69) is 42.1 Å². The minimum Gasteiger partial charge on any atom is -0.322 e. The zero-order chi connectivity index (χ0) is 21.1. The summed E-state index contributed by atoms with van der Waals surface area (Å²) in [6, 6.07) is 16.0. The highest BCUT2D eigenvalue weighted by atomic mass is 16.2. The molecule has 1 saturated heterocycles. The van der Waals surface area contributed by atoms with Crippen LogP contribution in [0.5, 0.6) is 0 Å². The summed E-state index contributed by atoms with van der Waals surface area (Å²) in [5.41, 5.74) is 9.86. The van der Waals surface area contributed by atoms with Crippen LogP contribution in [0.25, 0.3) is 0 Å². The van der Waals surface area contributed by atoms with Crippen molar-refractivity contribution in [3.63, 3.8) is 0 Å². The molecule has 0 spiro atoms. The molecule has 2 aromatic carbocycles. The number of carbonyl (C=O) groups is 2. The molecular formula is C25H31N3O2. The van der Waals surface area contributed by atoms with Gasteiger partial charge in [0, 0.05) is 23.2 Å². The van der Waals surface area contributed by atoms with Crippen molar-refractivity contribution in [1.82, 2.24) is 10.9 Å². The Kier molecular flexibility index (Phi) is 6.18. The first kappa shape index (κ1) is 20.6. The fraction of sp³-hybridized carbons (Fsp3) is 0.440. The number of hydrogen-bond acceptors (Lipinski definition) is 3. The summed E-state index contributed by atoms with van der Waals surface area (Å²) in [4.78, 5) is 25.1. The van der Waals surface area contributed by atoms with Crippen molar-refractivity contribution in [2.24, 2.45) is 11.8 Å². The van der Waals surface area contributed by atoms with Gasteiger partial charge < -0.3 is 5.32 Å². The van der Waals surface area contributed by atoms with Crippen molar-refractivity contribution < 1.29 is 9.59 Å². The highest BCUT2D eigenvalue weighted by Gasteiger charge is 2.39. The molecule has 1 heterocycles. The summed E-state index contributed by atoms with van der Waals surface area (Å²) in [6.45, 7) is 4.25. The maximum atomic E-state index is 12.9. The van der Waals surface area contributed by atoms with Gasteiger partial charge >= 0.3 is 0 Å². The Balaban J connectivity index is 1.48. The number of hydrogen-bond donors (Lipinski definition) is 3. The number of rotatable bonds is 5. The summed E-state index contributed by atoms with van der Waals surface area (Å²) in [5, 5.41) is 3.08. The molecule has 4 rings (SSSR count). The van der Waals surface area contributed by atoms with Crippen LogP contribution in [0, 0.1) is 11.8 Å². The van der Waals surface area contributed by atoms with Crippen LogP contribution in [0.2, 0.25) is 0 Å². The van der Waals surface area contributed by atoms with E-state index in [0.29, 0.717) is 17.4 Å². The molecule has 2 amide bonds. The number of nitrogens with one attached hydrogen (secondary N) is 3. The number of hydrazine groups is 1. The molecule has 2 fully saturated rings. The summed E-state index contributed by atoms with van der Waals surface area (Å²) < 4.78 is 0. The molecule has 5 nitrogen and oxygen atoms in total. The number of anilines is 1. The average molecular weight is 406 g/mol. The Morgan fingerprint density at radius 1 is 1.10 bits per heavy atom. The number of amides is 2. The molecule has 30 heavy (non-hydrogen) atoms. The number of fused-ring (bicyclic) bond motifs is 1. The van der Waals surface area contributed by atoms with E-state index in [1.54, 1.807) is 0 Å². The Hall–Kier alpha value is -2.66. The van der Waals surface area contributed by atoms with Gasteiger partial charge in [0.1, 0.15) is 0 Å². The molecule has 0 radical (unpaired) electrons. The Labute approximate surface area is 178 Å². The first-order valence-corrected chi connectivity index (χ1v) is 11.1. The molecule has 1 aliphatic carbocycles. The number of benzene rings is 2. The third-order valence-electron chi connectivity index (χ3n) is 6.53. The van der Waals surface area contributed by atoms with Crippen LogP contribution in [-0.2, 0) is 11.2 Å². The zero-order valence-electron chi connectivity index (χ0n) is 17.8. The van der Waals surface area contributed by atoms with Crippen LogP contribution in [0.15, 0.2) is 48.5 Å². The molecule has 2 aromatic rings. The third-order valence-corrected chi connectivity index (χ3v) is 6.53. The second-order valence-corrected chi connectivity index (χ2v) is 8.90. The van der Waals surface area contributed by atoms with Crippen molar-refractivity contribution >= 4 is 17.5 Å². The largest absolute Gasteiger partial charge is 0.322 e. The molecule has 0 aromatic heterocycles. The van der Waals surface area contributed by atoms with Crippen molar-refractivity contribution in [3.8, 4) is 0 Å². The highest BCUT2D eigenvalue weighted by Crippen LogP contribution is 2.35. The summed E-state index contributed by atoms with van der Waals surface area (Å²) in [5.74, 6) is 0.856. The number of carbonyl (C=O) groups excluding carboxylic acids is 2. The molecule has 3 N–H and O–H groups in total. The van der Waals surface area contributed by atoms with Gasteiger partial charge in [-0.25, -0.2) is 5.43 Å². The van der Waals surface area contributed by atoms with Gasteiger partial charge in [0.2, 0.25) is 5.91 Å². The summed E-state index contributed by atoms with van der Waals surface area (Å²) >= 11 is 0. The van der Waals surface area contributed by atoms with Gasteiger partial charge in [0.25, 0.3) is 5.91 Å². The van der Waals surface area contributed by atoms with E-state index in [4.69, 9.17) is 0 Å². The van der Waals surface area contributed by atoms with E-state index in [1.165, 1.54) is 6.42 Å². The number of para-hydroxylation sites is 1. The summed E-state index contributed by atoms with van der Waals surface area (Å²) in [7, 11) is 0. The Morgan fingerprint density at radius 3 is 2.73 bits per heavy atom. The molecule has 2 aliphatic rings. The predicted molar refractivity (Wildman–Crippen MR) is 119 cm³/mol. The van der Waals surface area contributed by atoms with Gasteiger partial charge in [-0.3, -0.25) is 15.0 Å². The third kappa shape index (κ3) is 4.41. The van der Waals surface area contributed by atoms with Gasteiger partial charge in [-0.1, -0.05) is 57.0 Å². The lowest BCUT2D eigenvalue weighted by molar-refractivity contribution is -0.133. The van der Waals surface area contributed by atoms with E-state index in [0.717, 1.165) is 42.5 Å². The van der Waals surface area contributed by atoms with Gasteiger partial charge in [0.05, 0.1) is 0 Å². The Bertz CT molecular complexity index is 924. The molecule has 158 valence electrons. The van der Waals surface area contributed by atoms with Crippen molar-refractivity contribution in [2.75, 3.05) is 5.32 Å². The second kappa shape index (κ2) is 9.00. The first-order chi connectivity index (χ1) is 14.5. The SMILES string of the molecule is CC(C)c1ccccc1NC(=O)c1cccc(CC2NNC(=O)C3CCCCC23)c1. The Morgan fingerprint density at radius 2 is 1.90 bits per heavy atom. The molecule has 0 bridgehead atoms. The van der Waals surface area contributed by atoms with Crippen LogP contribution in [0.3, 0.4) is 0 Å². The molecule has 3 unspecified atom stereocenters. The van der Waals surface area contributed by atoms with E-state index < -0.39 is 0 Å². The molecule has 5 heteroatoms. The van der Waals surface area contributed by atoms with Gasteiger partial charge in [-0.05, 0) is 60.4 Å². The van der Waals surface area contributed by atoms with Gasteiger partial charge in [0.15, 0.2) is 0 Å². The second-order valence-electron chi connectivity index (χ2n) is 8.90. The molecule has 1 saturated carbocycles. The fourth-order valence-corrected chi connectivity index (χ4v) is 4.93. The maximum absolute atomic E-state index is 12.9. The van der Waals surface area contributed by atoms with Crippen LogP contribution < -0.4 is 16.2 Å². The van der Waals surface area contributed by atoms with Gasteiger partial charge in [-0.2, -0.15) is 0 Å². The normalized spacial score (nSPS) is 23.6. The van der Waals surface area contributed by atoms with Crippen LogP contribution >= 0.6 is 0 Å². The van der Waals surface area contributed by atoms with Gasteiger partial charge in [-0.15, -0.1) is 0 Å². The van der Waals surface area contributed by atoms with E-state index >= 15 is 0 Å². The maximum Gasteiger partial charge on any atom is 0.255 e. The van der Waals surface area contributed by atoms with Crippen LogP contribution in [0.4, 0.5) is 5.69 Å². The predicted octanol–water partition coefficient (Wildman–Crippen LogP) is 4.41. The van der Waals surface area contributed by atoms with Crippen LogP contribution in [0.1, 0.15) is 66.9 Å². The minimum absolute atomic E-state index is 0.0922. The van der Waals surface area contributed by atoms with E-state index in [-0.39, 0.29) is 23.8 Å². The fourth-order valence-electron chi connectivity index (χ4n) is 4.93. The lowest BCUT2D eigenvalue weighted by atomic mass is 9.72.